The van der Waals surface area contributed by atoms with Crippen LogP contribution < -0.4 is 9.47 Å². The molecule has 0 aromatic heterocycles. The second-order valence-corrected chi connectivity index (χ2v) is 9.37. The molecule has 188 valence electrons. The summed E-state index contributed by atoms with van der Waals surface area (Å²) in [6.45, 7) is 0. The molecule has 0 amide bonds. The summed E-state index contributed by atoms with van der Waals surface area (Å²) in [5.74, 6) is -2.73. The van der Waals surface area contributed by atoms with Crippen molar-refractivity contribution in [2.75, 3.05) is 7.11 Å². The van der Waals surface area contributed by atoms with Gasteiger partial charge in [-0.25, -0.2) is 9.59 Å². The quantitative estimate of drug-likeness (QED) is 0.268. The summed E-state index contributed by atoms with van der Waals surface area (Å²) in [5, 5.41) is 0. The lowest BCUT2D eigenvalue weighted by molar-refractivity contribution is 0.0341. The van der Waals surface area contributed by atoms with Crippen LogP contribution in [0.2, 0.25) is 0 Å². The average molecular weight is 507 g/mol. The van der Waals surface area contributed by atoms with Crippen molar-refractivity contribution in [3.8, 4) is 11.5 Å². The fraction of sp³-hybridized carbons (Fsp3) is 0.161. The third-order valence-electron chi connectivity index (χ3n) is 7.33. The molecule has 7 nitrogen and oxygen atoms in total. The molecule has 0 aliphatic heterocycles. The summed E-state index contributed by atoms with van der Waals surface area (Å²) in [4.78, 5) is 54.0. The van der Waals surface area contributed by atoms with Crippen LogP contribution in [0.5, 0.6) is 11.5 Å². The number of Topliss-reactive ketones (excluding diaryl/α,β-unsaturated/α-hetero) is 2. The molecule has 2 atom stereocenters. The maximum absolute atomic E-state index is 14.1. The lowest BCUT2D eigenvalue weighted by Gasteiger charge is -2.45. The monoisotopic (exact) mass is 506 g/mol. The first kappa shape index (κ1) is 23.8. The highest BCUT2D eigenvalue weighted by Gasteiger charge is 2.52. The molecule has 7 heteroatoms. The SMILES string of the molecule is COC12C=CC(CC1)C1=C2C(=O)c2c(OC(=O)c3ccccc3)ccc(OC(=O)c3ccccc3)c2C1=O. The van der Waals surface area contributed by atoms with Gasteiger partial charge in [0.25, 0.3) is 0 Å². The number of benzene rings is 3. The molecule has 38 heavy (non-hydrogen) atoms. The van der Waals surface area contributed by atoms with Gasteiger partial charge in [0.05, 0.1) is 22.3 Å². The minimum absolute atomic E-state index is 0.0739. The third kappa shape index (κ3) is 3.63. The van der Waals surface area contributed by atoms with Crippen LogP contribution in [-0.4, -0.2) is 36.2 Å². The van der Waals surface area contributed by atoms with Gasteiger partial charge in [-0.3, -0.25) is 9.59 Å². The molecular weight excluding hydrogens is 484 g/mol. The van der Waals surface area contributed by atoms with Gasteiger partial charge >= 0.3 is 11.9 Å². The van der Waals surface area contributed by atoms with Crippen molar-refractivity contribution < 1.29 is 33.4 Å². The molecule has 0 N–H and O–H groups in total. The molecule has 4 aliphatic carbocycles. The van der Waals surface area contributed by atoms with Crippen LogP contribution in [0, 0.1) is 5.92 Å². The number of carbonyl (C=O) groups is 4. The van der Waals surface area contributed by atoms with Gasteiger partial charge in [0.2, 0.25) is 0 Å². The summed E-state index contributed by atoms with van der Waals surface area (Å²) >= 11 is 0. The molecule has 2 unspecified atom stereocenters. The molecule has 3 aromatic rings. The number of ether oxygens (including phenoxy) is 3. The van der Waals surface area contributed by atoms with Gasteiger partial charge in [-0.05, 0) is 49.2 Å². The first-order valence-electron chi connectivity index (χ1n) is 12.2. The van der Waals surface area contributed by atoms with E-state index in [-0.39, 0.29) is 45.2 Å². The fourth-order valence-electron chi connectivity index (χ4n) is 5.46. The second-order valence-electron chi connectivity index (χ2n) is 9.37. The molecule has 0 spiro atoms. The summed E-state index contributed by atoms with van der Waals surface area (Å²) in [6.07, 6.45) is 4.89. The van der Waals surface area contributed by atoms with Crippen molar-refractivity contribution in [1.82, 2.24) is 0 Å². The van der Waals surface area contributed by atoms with E-state index in [1.54, 1.807) is 60.7 Å². The normalized spacial score (nSPS) is 21.1. The van der Waals surface area contributed by atoms with Crippen LogP contribution in [0.15, 0.2) is 96.1 Å². The minimum Gasteiger partial charge on any atom is -0.422 e. The molecule has 4 aliphatic rings. The maximum Gasteiger partial charge on any atom is 0.343 e. The molecule has 7 rings (SSSR count). The van der Waals surface area contributed by atoms with Gasteiger partial charge < -0.3 is 14.2 Å². The number of methoxy groups -OCH3 is 1. The van der Waals surface area contributed by atoms with E-state index in [4.69, 9.17) is 14.2 Å². The van der Waals surface area contributed by atoms with E-state index < -0.39 is 29.1 Å². The van der Waals surface area contributed by atoms with E-state index in [1.807, 2.05) is 12.2 Å². The van der Waals surface area contributed by atoms with Crippen molar-refractivity contribution in [3.63, 3.8) is 0 Å². The van der Waals surface area contributed by atoms with Crippen molar-refractivity contribution in [2.24, 2.45) is 5.92 Å². The van der Waals surface area contributed by atoms with Crippen molar-refractivity contribution in [3.05, 3.63) is 118 Å². The molecule has 2 bridgehead atoms. The summed E-state index contributed by atoms with van der Waals surface area (Å²) in [5.41, 5.74) is -0.109. The summed E-state index contributed by atoms with van der Waals surface area (Å²) < 4.78 is 17.1. The number of fused-ring (bicyclic) bond motifs is 2. The Bertz CT molecular complexity index is 1570. The minimum atomic E-state index is -1.05. The average Bonchev–Trinajstić information content (AvgIpc) is 2.97. The van der Waals surface area contributed by atoms with E-state index in [0.29, 0.717) is 18.4 Å². The Balaban J connectivity index is 1.49. The number of esters is 2. The van der Waals surface area contributed by atoms with E-state index in [1.165, 1.54) is 19.2 Å². The Morgan fingerprint density at radius 3 is 1.76 bits per heavy atom. The third-order valence-corrected chi connectivity index (χ3v) is 7.33. The maximum atomic E-state index is 14.1. The van der Waals surface area contributed by atoms with Gasteiger partial charge in [-0.15, -0.1) is 0 Å². The second kappa shape index (κ2) is 9.04. The van der Waals surface area contributed by atoms with Crippen molar-refractivity contribution >= 4 is 23.5 Å². The number of hydrogen-bond acceptors (Lipinski definition) is 7. The van der Waals surface area contributed by atoms with Gasteiger partial charge in [0.15, 0.2) is 11.6 Å². The zero-order valence-electron chi connectivity index (χ0n) is 20.4. The number of hydrogen-bond donors (Lipinski definition) is 0. The number of carbonyl (C=O) groups excluding carboxylic acids is 4. The lowest BCUT2D eigenvalue weighted by atomic mass is 9.62. The van der Waals surface area contributed by atoms with Crippen LogP contribution in [0.25, 0.3) is 0 Å². The summed E-state index contributed by atoms with van der Waals surface area (Å²) in [6, 6.07) is 19.4. The first-order valence-corrected chi connectivity index (χ1v) is 12.2. The van der Waals surface area contributed by atoms with E-state index in [2.05, 4.69) is 0 Å². The molecule has 0 fully saturated rings. The van der Waals surface area contributed by atoms with Gasteiger partial charge in [0, 0.05) is 24.2 Å². The zero-order valence-corrected chi connectivity index (χ0v) is 20.4. The zero-order chi connectivity index (χ0) is 26.4. The van der Waals surface area contributed by atoms with Crippen LogP contribution in [0.3, 0.4) is 0 Å². The highest BCUT2D eigenvalue weighted by atomic mass is 16.5. The first-order chi connectivity index (χ1) is 18.4. The Morgan fingerprint density at radius 1 is 0.763 bits per heavy atom. The fourth-order valence-corrected chi connectivity index (χ4v) is 5.46. The van der Waals surface area contributed by atoms with Gasteiger partial charge in [-0.2, -0.15) is 0 Å². The number of ketones is 2. The van der Waals surface area contributed by atoms with Crippen molar-refractivity contribution in [2.45, 2.75) is 18.4 Å². The van der Waals surface area contributed by atoms with Crippen LogP contribution in [-0.2, 0) is 4.74 Å². The highest BCUT2D eigenvalue weighted by molar-refractivity contribution is 6.30. The topological polar surface area (TPSA) is 96.0 Å². The summed E-state index contributed by atoms with van der Waals surface area (Å²) in [7, 11) is 1.50. The van der Waals surface area contributed by atoms with Crippen molar-refractivity contribution in [1.29, 1.82) is 0 Å². The molecule has 0 saturated heterocycles. The Hall–Kier alpha value is -4.62. The van der Waals surface area contributed by atoms with Gasteiger partial charge in [0.1, 0.15) is 17.1 Å². The predicted molar refractivity (Wildman–Crippen MR) is 137 cm³/mol. The molecule has 0 radical (unpaired) electrons. The predicted octanol–water partition coefficient (Wildman–Crippen LogP) is 5.17. The molecule has 0 heterocycles. The Kier molecular flexibility index (Phi) is 5.65. The molecule has 0 saturated carbocycles. The van der Waals surface area contributed by atoms with E-state index in [9.17, 15) is 19.2 Å². The van der Waals surface area contributed by atoms with Crippen LogP contribution in [0.4, 0.5) is 0 Å². The van der Waals surface area contributed by atoms with E-state index >= 15 is 0 Å². The van der Waals surface area contributed by atoms with Gasteiger partial charge in [-0.1, -0.05) is 48.6 Å². The standard InChI is InChI=1S/C31H22O7/c1-36-31-16-14-18(15-17-31)23-26(31)28(33)25-22(38-30(35)20-10-6-3-7-11-20)13-12-21(24(25)27(23)32)37-29(34)19-8-4-2-5-9-19/h2-14,16,18H,15,17H2,1H3. The number of rotatable bonds is 5. The van der Waals surface area contributed by atoms with E-state index in [0.717, 1.165) is 0 Å². The largest absolute Gasteiger partial charge is 0.422 e. The lowest BCUT2D eigenvalue weighted by Crippen LogP contribution is -2.47. The molecule has 3 aromatic carbocycles. The molecular formula is C31H22O7. The Morgan fingerprint density at radius 2 is 1.29 bits per heavy atom. The number of allylic oxidation sites excluding steroid dienone is 2. The van der Waals surface area contributed by atoms with Crippen LogP contribution >= 0.6 is 0 Å². The smallest absolute Gasteiger partial charge is 0.343 e. The highest BCUT2D eigenvalue weighted by Crippen LogP contribution is 2.52. The Labute approximate surface area is 218 Å². The van der Waals surface area contributed by atoms with Crippen LogP contribution in [0.1, 0.15) is 54.3 Å².